The second-order valence-corrected chi connectivity index (χ2v) is 6.80. The maximum absolute atomic E-state index is 13.0. The number of hydrogen-bond donors (Lipinski definition) is 2. The fourth-order valence-corrected chi connectivity index (χ4v) is 2.92. The first kappa shape index (κ1) is 23.0. The minimum Gasteiger partial charge on any atom is -0.493 e. The Morgan fingerprint density at radius 1 is 1.09 bits per heavy atom. The number of carbonyl (C=O) groups excluding carboxylic acids is 1. The molecule has 0 radical (unpaired) electrons. The predicted octanol–water partition coefficient (Wildman–Crippen LogP) is 4.66. The van der Waals surface area contributed by atoms with Gasteiger partial charge in [-0.3, -0.25) is 4.79 Å². The summed E-state index contributed by atoms with van der Waals surface area (Å²) in [5.41, 5.74) is 1.04. The largest absolute Gasteiger partial charge is 0.493 e. The van der Waals surface area contributed by atoms with Crippen molar-refractivity contribution in [2.24, 2.45) is 0 Å². The summed E-state index contributed by atoms with van der Waals surface area (Å²) in [6, 6.07) is 18.5. The Hall–Kier alpha value is -4.64. The number of nitrogens with one attached hydrogen (secondary N) is 1. The number of halogens is 1. The van der Waals surface area contributed by atoms with Gasteiger partial charge < -0.3 is 19.9 Å². The molecule has 0 aliphatic rings. The molecule has 3 rings (SSSR count). The van der Waals surface area contributed by atoms with Crippen molar-refractivity contribution in [3.8, 4) is 17.6 Å². The Labute approximate surface area is 189 Å². The SMILES string of the molecule is COc1cc(C=C(C#N)C(=O)Nc2ccccc2C(=O)O)ccc1OCc1ccc(F)cc1. The molecule has 0 aliphatic heterocycles. The van der Waals surface area contributed by atoms with E-state index in [4.69, 9.17) is 9.47 Å². The molecule has 166 valence electrons. The zero-order valence-electron chi connectivity index (χ0n) is 17.5. The number of aromatic carboxylic acids is 1. The van der Waals surface area contributed by atoms with Crippen LogP contribution in [0, 0.1) is 17.1 Å². The van der Waals surface area contributed by atoms with Crippen LogP contribution in [0.25, 0.3) is 6.08 Å². The second kappa shape index (κ2) is 10.6. The Morgan fingerprint density at radius 2 is 1.82 bits per heavy atom. The van der Waals surface area contributed by atoms with E-state index in [1.54, 1.807) is 36.4 Å². The molecule has 0 bridgehead atoms. The van der Waals surface area contributed by atoms with Gasteiger partial charge in [0.2, 0.25) is 0 Å². The monoisotopic (exact) mass is 446 g/mol. The van der Waals surface area contributed by atoms with Crippen molar-refractivity contribution in [2.75, 3.05) is 12.4 Å². The van der Waals surface area contributed by atoms with E-state index in [-0.39, 0.29) is 29.2 Å². The van der Waals surface area contributed by atoms with Crippen LogP contribution in [0.15, 0.2) is 72.3 Å². The number of ether oxygens (including phenoxy) is 2. The van der Waals surface area contributed by atoms with Gasteiger partial charge in [0.15, 0.2) is 11.5 Å². The summed E-state index contributed by atoms with van der Waals surface area (Å²) >= 11 is 0. The lowest BCUT2D eigenvalue weighted by atomic mass is 10.1. The summed E-state index contributed by atoms with van der Waals surface area (Å²) in [7, 11) is 1.45. The number of carboxylic acid groups (broad SMARTS) is 1. The summed E-state index contributed by atoms with van der Waals surface area (Å²) in [5.74, 6) is -1.48. The number of methoxy groups -OCH3 is 1. The molecule has 0 atom stereocenters. The minimum atomic E-state index is -1.20. The summed E-state index contributed by atoms with van der Waals surface area (Å²) < 4.78 is 24.1. The van der Waals surface area contributed by atoms with Crippen molar-refractivity contribution >= 4 is 23.6 Å². The first-order valence-corrected chi connectivity index (χ1v) is 9.72. The smallest absolute Gasteiger partial charge is 0.337 e. The molecule has 1 amide bonds. The topological polar surface area (TPSA) is 109 Å². The van der Waals surface area contributed by atoms with Crippen molar-refractivity contribution < 1.29 is 28.6 Å². The minimum absolute atomic E-state index is 0.0817. The quantitative estimate of drug-likeness (QED) is 0.385. The van der Waals surface area contributed by atoms with E-state index in [1.807, 2.05) is 6.07 Å². The highest BCUT2D eigenvalue weighted by molar-refractivity contribution is 6.11. The summed E-state index contributed by atoms with van der Waals surface area (Å²) in [6.45, 7) is 0.195. The number of nitriles is 1. The number of para-hydroxylation sites is 1. The van der Waals surface area contributed by atoms with E-state index >= 15 is 0 Å². The Morgan fingerprint density at radius 3 is 2.48 bits per heavy atom. The molecule has 8 heteroatoms. The van der Waals surface area contributed by atoms with Crippen LogP contribution in [-0.2, 0) is 11.4 Å². The normalized spacial score (nSPS) is 10.8. The van der Waals surface area contributed by atoms with Crippen LogP contribution in [0.2, 0.25) is 0 Å². The zero-order valence-corrected chi connectivity index (χ0v) is 17.5. The molecule has 0 spiro atoms. The maximum Gasteiger partial charge on any atom is 0.337 e. The summed E-state index contributed by atoms with van der Waals surface area (Å²) in [6.07, 6.45) is 1.35. The number of carboxylic acids is 1. The molecule has 0 saturated carbocycles. The van der Waals surface area contributed by atoms with Gasteiger partial charge in [-0.1, -0.05) is 30.3 Å². The van der Waals surface area contributed by atoms with Crippen LogP contribution in [0.1, 0.15) is 21.5 Å². The standard InChI is InChI=1S/C25H19FN2O5/c1-32-23-13-17(8-11-22(23)33-15-16-6-9-19(26)10-7-16)12-18(14-27)24(29)28-21-5-3-2-4-20(21)25(30)31/h2-13H,15H2,1H3,(H,28,29)(H,30,31). The average molecular weight is 446 g/mol. The van der Waals surface area contributed by atoms with Crippen LogP contribution in [-0.4, -0.2) is 24.1 Å². The summed E-state index contributed by atoms with van der Waals surface area (Å²) in [5, 5.41) is 21.1. The van der Waals surface area contributed by atoms with Crippen LogP contribution in [0.5, 0.6) is 11.5 Å². The van der Waals surface area contributed by atoms with Gasteiger partial charge in [0, 0.05) is 0 Å². The van der Waals surface area contributed by atoms with Gasteiger partial charge in [-0.05, 0) is 53.6 Å². The highest BCUT2D eigenvalue weighted by atomic mass is 19.1. The van der Waals surface area contributed by atoms with Crippen LogP contribution >= 0.6 is 0 Å². The van der Waals surface area contributed by atoms with Gasteiger partial charge in [-0.25, -0.2) is 9.18 Å². The molecular formula is C25H19FN2O5. The lowest BCUT2D eigenvalue weighted by molar-refractivity contribution is -0.112. The molecule has 0 aliphatic carbocycles. The molecule has 7 nitrogen and oxygen atoms in total. The lowest BCUT2D eigenvalue weighted by Crippen LogP contribution is -2.16. The Balaban J connectivity index is 1.78. The molecule has 33 heavy (non-hydrogen) atoms. The number of anilines is 1. The number of carbonyl (C=O) groups is 2. The lowest BCUT2D eigenvalue weighted by Gasteiger charge is -2.12. The number of nitrogens with zero attached hydrogens (tertiary/aromatic N) is 1. The van der Waals surface area contributed by atoms with Gasteiger partial charge in [0.1, 0.15) is 24.1 Å². The highest BCUT2D eigenvalue weighted by Crippen LogP contribution is 2.30. The van der Waals surface area contributed by atoms with E-state index in [0.29, 0.717) is 17.1 Å². The first-order valence-electron chi connectivity index (χ1n) is 9.72. The van der Waals surface area contributed by atoms with Crippen molar-refractivity contribution in [1.29, 1.82) is 5.26 Å². The van der Waals surface area contributed by atoms with E-state index in [0.717, 1.165) is 5.56 Å². The van der Waals surface area contributed by atoms with Crippen LogP contribution in [0.3, 0.4) is 0 Å². The molecule has 0 fully saturated rings. The third kappa shape index (κ3) is 5.95. The average Bonchev–Trinajstić information content (AvgIpc) is 2.82. The number of benzene rings is 3. The van der Waals surface area contributed by atoms with E-state index in [1.165, 1.54) is 43.5 Å². The molecule has 3 aromatic rings. The fourth-order valence-electron chi connectivity index (χ4n) is 2.92. The van der Waals surface area contributed by atoms with Gasteiger partial charge >= 0.3 is 5.97 Å². The Bertz CT molecular complexity index is 1250. The second-order valence-electron chi connectivity index (χ2n) is 6.80. The number of rotatable bonds is 8. The van der Waals surface area contributed by atoms with Crippen LogP contribution in [0.4, 0.5) is 10.1 Å². The molecule has 0 aromatic heterocycles. The van der Waals surface area contributed by atoms with E-state index in [2.05, 4.69) is 5.32 Å². The Kier molecular flexibility index (Phi) is 7.39. The van der Waals surface area contributed by atoms with E-state index < -0.39 is 11.9 Å². The highest BCUT2D eigenvalue weighted by Gasteiger charge is 2.15. The molecule has 0 unspecified atom stereocenters. The van der Waals surface area contributed by atoms with E-state index in [9.17, 15) is 24.3 Å². The predicted molar refractivity (Wildman–Crippen MR) is 119 cm³/mol. The molecule has 0 heterocycles. The first-order chi connectivity index (χ1) is 15.9. The molecular weight excluding hydrogens is 427 g/mol. The fraction of sp³-hybridized carbons (Fsp3) is 0.0800. The third-order valence-electron chi connectivity index (χ3n) is 4.58. The maximum atomic E-state index is 13.0. The van der Waals surface area contributed by atoms with Crippen molar-refractivity contribution in [1.82, 2.24) is 0 Å². The van der Waals surface area contributed by atoms with Gasteiger partial charge in [-0.15, -0.1) is 0 Å². The van der Waals surface area contributed by atoms with Crippen molar-refractivity contribution in [3.63, 3.8) is 0 Å². The number of amides is 1. The molecule has 3 aromatic carbocycles. The van der Waals surface area contributed by atoms with Gasteiger partial charge in [0.25, 0.3) is 5.91 Å². The third-order valence-corrected chi connectivity index (χ3v) is 4.58. The van der Waals surface area contributed by atoms with Crippen molar-refractivity contribution in [2.45, 2.75) is 6.61 Å². The summed E-state index contributed by atoms with van der Waals surface area (Å²) in [4.78, 5) is 23.9. The van der Waals surface area contributed by atoms with Gasteiger partial charge in [-0.2, -0.15) is 5.26 Å². The molecule has 0 saturated heterocycles. The van der Waals surface area contributed by atoms with Crippen LogP contribution < -0.4 is 14.8 Å². The zero-order chi connectivity index (χ0) is 23.8. The van der Waals surface area contributed by atoms with Crippen molar-refractivity contribution in [3.05, 3.63) is 94.8 Å². The number of hydrogen-bond acceptors (Lipinski definition) is 5. The van der Waals surface area contributed by atoms with Gasteiger partial charge in [0.05, 0.1) is 18.4 Å². The molecule has 2 N–H and O–H groups in total.